The van der Waals surface area contributed by atoms with Crippen LogP contribution in [0.15, 0.2) is 65.3 Å². The van der Waals surface area contributed by atoms with Crippen LogP contribution < -0.4 is 16.5 Å². The number of methoxy groups -OCH3 is 1. The number of ether oxygens (including phenoxy) is 1. The van der Waals surface area contributed by atoms with Gasteiger partial charge in [-0.2, -0.15) is 0 Å². The molecule has 4 atom stereocenters. The highest BCUT2D eigenvalue weighted by atomic mass is 19.2. The summed E-state index contributed by atoms with van der Waals surface area (Å²) in [6.45, 7) is 4.22. The maximum absolute atomic E-state index is 14.2. The molecule has 0 radical (unpaired) electrons. The average molecular weight is 609 g/mol. The van der Waals surface area contributed by atoms with E-state index in [-0.39, 0.29) is 29.8 Å². The molecule has 5 aliphatic rings. The maximum Gasteiger partial charge on any atom is 0.320 e. The summed E-state index contributed by atoms with van der Waals surface area (Å²) in [5, 5.41) is 7.69. The van der Waals surface area contributed by atoms with Gasteiger partial charge in [0.15, 0.2) is 11.6 Å². The van der Waals surface area contributed by atoms with E-state index in [0.29, 0.717) is 50.0 Å². The van der Waals surface area contributed by atoms with Crippen LogP contribution in [-0.4, -0.2) is 72.2 Å². The van der Waals surface area contributed by atoms with Crippen molar-refractivity contribution >= 4 is 11.9 Å². The highest BCUT2D eigenvalue weighted by molar-refractivity contribution is 5.83. The summed E-state index contributed by atoms with van der Waals surface area (Å²) in [4.78, 5) is 30.5. The largest absolute Gasteiger partial charge is 0.383 e. The monoisotopic (exact) mass is 608 g/mol. The smallest absolute Gasteiger partial charge is 0.320 e. The predicted octanol–water partition coefficient (Wildman–Crippen LogP) is 4.23. The first-order chi connectivity index (χ1) is 21.2. The molecule has 0 spiro atoms. The van der Waals surface area contributed by atoms with Crippen molar-refractivity contribution in [1.29, 1.82) is 0 Å². The summed E-state index contributed by atoms with van der Waals surface area (Å²) in [6.07, 6.45) is 13.1. The van der Waals surface area contributed by atoms with Crippen LogP contribution in [0, 0.1) is 23.5 Å². The number of nitrogens with one attached hydrogen (secondary N) is 2. The number of nitrogens with zero attached hydrogens (tertiary/aromatic N) is 3. The van der Waals surface area contributed by atoms with Gasteiger partial charge in [-0.25, -0.2) is 19.4 Å². The van der Waals surface area contributed by atoms with E-state index >= 15 is 0 Å². The third-order valence-electron chi connectivity index (χ3n) is 9.42. The van der Waals surface area contributed by atoms with Crippen LogP contribution in [-0.2, 0) is 9.53 Å². The number of fused-ring (bicyclic) bond motifs is 1. The zero-order valence-corrected chi connectivity index (χ0v) is 25.4. The predicted molar refractivity (Wildman–Crippen MR) is 162 cm³/mol. The molecule has 1 saturated heterocycles. The van der Waals surface area contributed by atoms with Gasteiger partial charge < -0.3 is 15.0 Å². The zero-order valence-electron chi connectivity index (χ0n) is 25.4. The van der Waals surface area contributed by atoms with Crippen molar-refractivity contribution in [3.8, 4) is 0 Å². The average Bonchev–Trinajstić information content (AvgIpc) is 3.95. The van der Waals surface area contributed by atoms with Crippen molar-refractivity contribution in [1.82, 2.24) is 25.4 Å². The number of carbonyl (C=O) groups is 2. The van der Waals surface area contributed by atoms with Gasteiger partial charge in [0.1, 0.15) is 5.82 Å². The number of nitrogens with two attached hydrogens (primary N) is 1. The Hall–Kier alpha value is -3.54. The van der Waals surface area contributed by atoms with Gasteiger partial charge >= 0.3 is 6.03 Å². The van der Waals surface area contributed by atoms with Gasteiger partial charge in [0, 0.05) is 62.4 Å². The molecular weight excluding hydrogens is 566 g/mol. The lowest BCUT2D eigenvalue weighted by atomic mass is 9.94. The number of likely N-dealkylation sites (tertiary alicyclic amines) is 1. The van der Waals surface area contributed by atoms with E-state index < -0.39 is 17.7 Å². The number of allylic oxidation sites excluding steroid dienone is 5. The van der Waals surface area contributed by atoms with E-state index in [0.717, 1.165) is 49.4 Å². The summed E-state index contributed by atoms with van der Waals surface area (Å²) in [5.74, 6) is 5.87. The standard InChI is InChI=1S/C33H42F2N6O3/c1-20(14-23-17-40(30-16-25(23)30)32(42)21-8-9-21)31(41(36)24-6-4-3-5-7-24)38-33(43)37-29-19-39(12-13-44-2)18-26(29)22-10-11-27(34)28(35)15-22/h3-4,6,10-11,15,17,21,25-26,29-30H,5,7-9,12-14,16,18-19,36H2,1-2H3,(H2,37,38,43)/b31-20-/t25?,26-,29+,30?/m0/s1. The summed E-state index contributed by atoms with van der Waals surface area (Å²) in [6, 6.07) is 3.40. The van der Waals surface area contributed by atoms with Gasteiger partial charge in [-0.3, -0.25) is 20.0 Å². The number of hydrazine groups is 1. The molecule has 2 saturated carbocycles. The van der Waals surface area contributed by atoms with Crippen LogP contribution >= 0.6 is 0 Å². The van der Waals surface area contributed by atoms with Crippen LogP contribution in [0.2, 0.25) is 0 Å². The lowest BCUT2D eigenvalue weighted by Gasteiger charge is -2.29. The lowest BCUT2D eigenvalue weighted by Crippen LogP contribution is -2.49. The molecule has 1 aromatic carbocycles. The first kappa shape index (κ1) is 30.5. The Morgan fingerprint density at radius 1 is 1.16 bits per heavy atom. The molecule has 0 bridgehead atoms. The Morgan fingerprint density at radius 2 is 1.98 bits per heavy atom. The fourth-order valence-electron chi connectivity index (χ4n) is 6.73. The lowest BCUT2D eigenvalue weighted by molar-refractivity contribution is -0.130. The molecule has 2 aliphatic heterocycles. The van der Waals surface area contributed by atoms with Crippen LogP contribution in [0.25, 0.3) is 0 Å². The number of rotatable bonds is 11. The first-order valence-electron chi connectivity index (χ1n) is 15.6. The molecule has 1 aromatic rings. The Bertz CT molecular complexity index is 1420. The van der Waals surface area contributed by atoms with Crippen molar-refractivity contribution in [2.75, 3.05) is 33.4 Å². The minimum Gasteiger partial charge on any atom is -0.383 e. The Balaban J connectivity index is 1.21. The first-order valence-corrected chi connectivity index (χ1v) is 15.6. The second-order valence-corrected chi connectivity index (χ2v) is 12.7. The normalized spacial score (nSPS) is 26.5. The zero-order chi connectivity index (χ0) is 31.0. The highest BCUT2D eigenvalue weighted by Crippen LogP contribution is 2.51. The van der Waals surface area contributed by atoms with Gasteiger partial charge in [-0.1, -0.05) is 18.2 Å². The van der Waals surface area contributed by atoms with Crippen molar-refractivity contribution < 1.29 is 23.1 Å². The fourth-order valence-corrected chi connectivity index (χ4v) is 6.73. The second kappa shape index (κ2) is 12.8. The highest BCUT2D eigenvalue weighted by Gasteiger charge is 2.52. The summed E-state index contributed by atoms with van der Waals surface area (Å²) < 4.78 is 33.2. The van der Waals surface area contributed by atoms with Crippen LogP contribution in [0.1, 0.15) is 56.9 Å². The maximum atomic E-state index is 14.2. The number of carbonyl (C=O) groups excluding carboxylic acids is 2. The van der Waals surface area contributed by atoms with E-state index in [1.807, 2.05) is 30.2 Å². The van der Waals surface area contributed by atoms with E-state index in [4.69, 9.17) is 10.6 Å². The molecule has 3 aliphatic carbocycles. The van der Waals surface area contributed by atoms with E-state index in [9.17, 15) is 18.4 Å². The number of benzene rings is 1. The Morgan fingerprint density at radius 3 is 2.68 bits per heavy atom. The number of halogens is 2. The molecule has 0 aromatic heterocycles. The summed E-state index contributed by atoms with van der Waals surface area (Å²) >= 11 is 0. The molecule has 6 rings (SSSR count). The van der Waals surface area contributed by atoms with Gasteiger partial charge in [-0.15, -0.1) is 0 Å². The SMILES string of the molecule is COCCN1C[C@@H](NC(=O)N/C(=C(\C)CC2=CN(C(=O)C3CC3)C3CC23)N(N)C2=CC=CCC2)[C@H](c2ccc(F)c(F)c2)C1. The van der Waals surface area contributed by atoms with Gasteiger partial charge in [0.25, 0.3) is 0 Å². The van der Waals surface area contributed by atoms with Crippen molar-refractivity contribution in [3.05, 3.63) is 82.5 Å². The minimum atomic E-state index is -0.910. The Labute approximate surface area is 257 Å². The molecule has 2 heterocycles. The molecule has 11 heteroatoms. The van der Waals surface area contributed by atoms with Crippen molar-refractivity contribution in [2.24, 2.45) is 17.7 Å². The summed E-state index contributed by atoms with van der Waals surface area (Å²) in [7, 11) is 1.63. The number of hydrogen-bond acceptors (Lipinski definition) is 6. The van der Waals surface area contributed by atoms with Gasteiger partial charge in [-0.05, 0) is 80.4 Å². The topological polar surface area (TPSA) is 103 Å². The fraction of sp³-hybridized carbons (Fsp3) is 0.515. The van der Waals surface area contributed by atoms with E-state index in [2.05, 4.69) is 21.6 Å². The summed E-state index contributed by atoms with van der Waals surface area (Å²) in [5.41, 5.74) is 3.58. The third kappa shape index (κ3) is 6.60. The molecule has 236 valence electrons. The van der Waals surface area contributed by atoms with Crippen LogP contribution in [0.3, 0.4) is 0 Å². The third-order valence-corrected chi connectivity index (χ3v) is 9.42. The van der Waals surface area contributed by atoms with Crippen molar-refractivity contribution in [3.63, 3.8) is 0 Å². The van der Waals surface area contributed by atoms with E-state index in [1.54, 1.807) is 18.2 Å². The molecule has 3 fully saturated rings. The van der Waals surface area contributed by atoms with E-state index in [1.165, 1.54) is 11.6 Å². The van der Waals surface area contributed by atoms with Crippen LogP contribution in [0.4, 0.5) is 13.6 Å². The molecule has 2 unspecified atom stereocenters. The molecule has 44 heavy (non-hydrogen) atoms. The molecule has 4 N–H and O–H groups in total. The second-order valence-electron chi connectivity index (χ2n) is 12.7. The quantitative estimate of drug-likeness (QED) is 0.257. The molecule has 9 nitrogen and oxygen atoms in total. The van der Waals surface area contributed by atoms with Crippen LogP contribution in [0.5, 0.6) is 0 Å². The van der Waals surface area contributed by atoms with Gasteiger partial charge in [0.2, 0.25) is 5.91 Å². The number of hydrogen-bond donors (Lipinski definition) is 3. The Kier molecular flexibility index (Phi) is 8.89. The number of urea groups is 1. The molecule has 3 amide bonds. The molecular formula is C33H42F2N6O3. The number of amides is 3. The van der Waals surface area contributed by atoms with Gasteiger partial charge in [0.05, 0.1) is 12.6 Å². The minimum absolute atomic E-state index is 0.173. The van der Waals surface area contributed by atoms with Crippen molar-refractivity contribution in [2.45, 2.75) is 63.5 Å².